The molecule has 0 atom stereocenters. The van der Waals surface area contributed by atoms with Gasteiger partial charge in [-0.25, -0.2) is 0 Å². The van der Waals surface area contributed by atoms with Crippen LogP contribution in [-0.2, 0) is 11.2 Å². The lowest BCUT2D eigenvalue weighted by atomic mass is 10.1. The molecule has 0 saturated carbocycles. The Labute approximate surface area is 156 Å². The van der Waals surface area contributed by atoms with E-state index in [0.29, 0.717) is 15.0 Å². The molecular weight excluding hydrogens is 354 g/mol. The van der Waals surface area contributed by atoms with E-state index in [0.717, 1.165) is 23.2 Å². The first-order valence-electron chi connectivity index (χ1n) is 7.78. The topological polar surface area (TPSA) is 49.8 Å². The molecule has 1 heterocycles. The van der Waals surface area contributed by atoms with Crippen LogP contribution in [0, 0.1) is 0 Å². The minimum Gasteiger partial charge on any atom is -0.504 e. The summed E-state index contributed by atoms with van der Waals surface area (Å²) in [5.74, 6) is 0.285. The average molecular weight is 371 g/mol. The number of phenolic OH excluding ortho intramolecular Hbond substituents is 1. The number of hydrogen-bond acceptors (Lipinski definition) is 5. The molecule has 2 aromatic carbocycles. The number of anilines is 1. The van der Waals surface area contributed by atoms with Gasteiger partial charge in [-0.2, -0.15) is 0 Å². The molecular formula is C19H17NO3S2. The molecule has 2 aromatic rings. The molecule has 25 heavy (non-hydrogen) atoms. The number of nitrogens with zero attached hydrogens (tertiary/aromatic N) is 1. The number of ether oxygens (including phenoxy) is 1. The van der Waals surface area contributed by atoms with Crippen LogP contribution in [0.15, 0.2) is 47.4 Å². The molecule has 3 rings (SSSR count). The van der Waals surface area contributed by atoms with Crippen molar-refractivity contribution in [3.63, 3.8) is 0 Å². The summed E-state index contributed by atoms with van der Waals surface area (Å²) in [5.41, 5.74) is 2.67. The van der Waals surface area contributed by atoms with Gasteiger partial charge in [0.2, 0.25) is 0 Å². The van der Waals surface area contributed by atoms with Crippen molar-refractivity contribution in [2.24, 2.45) is 0 Å². The first-order chi connectivity index (χ1) is 12.0. The van der Waals surface area contributed by atoms with Gasteiger partial charge in [0.25, 0.3) is 5.91 Å². The van der Waals surface area contributed by atoms with E-state index in [-0.39, 0.29) is 11.7 Å². The molecule has 0 bridgehead atoms. The van der Waals surface area contributed by atoms with Crippen LogP contribution >= 0.6 is 24.0 Å². The summed E-state index contributed by atoms with van der Waals surface area (Å²) in [6.07, 6.45) is 2.58. The molecule has 128 valence electrons. The fourth-order valence-corrected chi connectivity index (χ4v) is 3.92. The molecule has 1 aliphatic heterocycles. The van der Waals surface area contributed by atoms with Gasteiger partial charge < -0.3 is 9.84 Å². The Morgan fingerprint density at radius 3 is 2.76 bits per heavy atom. The number of thioether (sulfide) groups is 1. The number of aromatic hydroxyl groups is 1. The highest BCUT2D eigenvalue weighted by molar-refractivity contribution is 8.27. The first kappa shape index (κ1) is 17.5. The molecule has 0 spiro atoms. The number of methoxy groups -OCH3 is 1. The minimum atomic E-state index is -0.136. The average Bonchev–Trinajstić information content (AvgIpc) is 2.90. The smallest absolute Gasteiger partial charge is 0.270 e. The molecule has 1 fully saturated rings. The summed E-state index contributed by atoms with van der Waals surface area (Å²) in [5, 5.41) is 9.69. The Morgan fingerprint density at radius 1 is 1.28 bits per heavy atom. The maximum Gasteiger partial charge on any atom is 0.270 e. The third kappa shape index (κ3) is 3.41. The van der Waals surface area contributed by atoms with Crippen LogP contribution in [0.4, 0.5) is 5.69 Å². The quantitative estimate of drug-likeness (QED) is 0.639. The van der Waals surface area contributed by atoms with Gasteiger partial charge in [-0.3, -0.25) is 9.69 Å². The monoisotopic (exact) mass is 371 g/mol. The van der Waals surface area contributed by atoms with Crippen LogP contribution in [-0.4, -0.2) is 22.4 Å². The summed E-state index contributed by atoms with van der Waals surface area (Å²) in [6, 6.07) is 12.7. The van der Waals surface area contributed by atoms with E-state index in [9.17, 15) is 9.90 Å². The number of para-hydroxylation sites is 1. The number of aryl methyl sites for hydroxylation is 1. The second kappa shape index (κ2) is 7.29. The zero-order chi connectivity index (χ0) is 18.0. The van der Waals surface area contributed by atoms with Gasteiger partial charge in [-0.15, -0.1) is 0 Å². The highest BCUT2D eigenvalue weighted by Gasteiger charge is 2.34. The highest BCUT2D eigenvalue weighted by atomic mass is 32.2. The number of benzene rings is 2. The highest BCUT2D eigenvalue weighted by Crippen LogP contribution is 2.38. The molecule has 0 radical (unpaired) electrons. The summed E-state index contributed by atoms with van der Waals surface area (Å²) in [4.78, 5) is 15.0. The third-order valence-corrected chi connectivity index (χ3v) is 5.21. The Balaban J connectivity index is 1.96. The van der Waals surface area contributed by atoms with Gasteiger partial charge in [0, 0.05) is 0 Å². The van der Waals surface area contributed by atoms with Crippen LogP contribution < -0.4 is 9.64 Å². The zero-order valence-electron chi connectivity index (χ0n) is 13.9. The largest absolute Gasteiger partial charge is 0.504 e. The van der Waals surface area contributed by atoms with Crippen LogP contribution in [0.25, 0.3) is 6.08 Å². The van der Waals surface area contributed by atoms with E-state index in [2.05, 4.69) is 6.92 Å². The fraction of sp³-hybridized carbons (Fsp3) is 0.158. The molecule has 1 saturated heterocycles. The predicted octanol–water partition coefficient (Wildman–Crippen LogP) is 4.37. The van der Waals surface area contributed by atoms with Crippen molar-refractivity contribution >= 4 is 46.0 Å². The SMILES string of the molecule is CCc1ccccc1N1C(=O)C(=Cc2ccc(O)c(OC)c2)SC1=S. The lowest BCUT2D eigenvalue weighted by Crippen LogP contribution is -2.28. The fourth-order valence-electron chi connectivity index (χ4n) is 2.64. The molecule has 1 aliphatic rings. The third-order valence-electron chi connectivity index (χ3n) is 3.91. The standard InChI is InChI=1S/C19H17NO3S2/c1-3-13-6-4-5-7-14(13)20-18(22)17(25-19(20)24)11-12-8-9-15(21)16(10-12)23-2/h4-11,21H,3H2,1-2H3. The minimum absolute atomic E-state index is 0.0593. The van der Waals surface area contributed by atoms with Crippen LogP contribution in [0.3, 0.4) is 0 Å². The first-order valence-corrected chi connectivity index (χ1v) is 9.00. The molecule has 0 aliphatic carbocycles. The van der Waals surface area contributed by atoms with Crippen molar-refractivity contribution < 1.29 is 14.6 Å². The van der Waals surface area contributed by atoms with E-state index < -0.39 is 0 Å². The van der Waals surface area contributed by atoms with Crippen LogP contribution in [0.5, 0.6) is 11.5 Å². The van der Waals surface area contributed by atoms with E-state index in [1.807, 2.05) is 24.3 Å². The molecule has 6 heteroatoms. The number of carbonyl (C=O) groups is 1. The lowest BCUT2D eigenvalue weighted by Gasteiger charge is -2.18. The van der Waals surface area contributed by atoms with Gasteiger partial charge in [-0.1, -0.05) is 55.2 Å². The van der Waals surface area contributed by atoms with Crippen LogP contribution in [0.1, 0.15) is 18.1 Å². The Morgan fingerprint density at radius 2 is 2.04 bits per heavy atom. The van der Waals surface area contributed by atoms with Gasteiger partial charge >= 0.3 is 0 Å². The van der Waals surface area contributed by atoms with Crippen molar-refractivity contribution in [3.8, 4) is 11.5 Å². The van der Waals surface area contributed by atoms with Crippen molar-refractivity contribution in [2.75, 3.05) is 12.0 Å². The lowest BCUT2D eigenvalue weighted by molar-refractivity contribution is -0.113. The molecule has 1 amide bonds. The second-order valence-electron chi connectivity index (χ2n) is 5.43. The number of rotatable bonds is 4. The molecule has 0 aromatic heterocycles. The number of thiocarbonyl (C=S) groups is 1. The van der Waals surface area contributed by atoms with Gasteiger partial charge in [0.15, 0.2) is 15.8 Å². The Hall–Kier alpha value is -2.31. The van der Waals surface area contributed by atoms with E-state index in [4.69, 9.17) is 17.0 Å². The zero-order valence-corrected chi connectivity index (χ0v) is 15.5. The maximum atomic E-state index is 12.9. The van der Waals surface area contributed by atoms with Crippen molar-refractivity contribution in [1.29, 1.82) is 0 Å². The summed E-state index contributed by atoms with van der Waals surface area (Å²) in [7, 11) is 1.49. The Bertz CT molecular complexity index is 877. The van der Waals surface area contributed by atoms with Gasteiger partial charge in [0.05, 0.1) is 17.7 Å². The Kier molecular flexibility index (Phi) is 5.11. The summed E-state index contributed by atoms with van der Waals surface area (Å²) >= 11 is 6.71. The number of phenols is 1. The number of amides is 1. The number of hydrogen-bond donors (Lipinski definition) is 1. The maximum absolute atomic E-state index is 12.9. The van der Waals surface area contributed by atoms with Crippen LogP contribution in [0.2, 0.25) is 0 Å². The number of carbonyl (C=O) groups excluding carboxylic acids is 1. The second-order valence-corrected chi connectivity index (χ2v) is 7.11. The van der Waals surface area contributed by atoms with Crippen molar-refractivity contribution in [2.45, 2.75) is 13.3 Å². The molecule has 4 nitrogen and oxygen atoms in total. The van der Waals surface area contributed by atoms with Crippen molar-refractivity contribution in [3.05, 3.63) is 58.5 Å². The molecule has 1 N–H and O–H groups in total. The summed E-state index contributed by atoms with van der Waals surface area (Å²) < 4.78 is 5.63. The van der Waals surface area contributed by atoms with Gasteiger partial charge in [0.1, 0.15) is 0 Å². The van der Waals surface area contributed by atoms with E-state index in [1.54, 1.807) is 23.1 Å². The van der Waals surface area contributed by atoms with Gasteiger partial charge in [-0.05, 0) is 41.8 Å². The normalized spacial score (nSPS) is 15.9. The van der Waals surface area contributed by atoms with E-state index in [1.165, 1.54) is 24.9 Å². The molecule has 0 unspecified atom stereocenters. The summed E-state index contributed by atoms with van der Waals surface area (Å²) in [6.45, 7) is 2.05. The van der Waals surface area contributed by atoms with Crippen molar-refractivity contribution in [1.82, 2.24) is 0 Å². The predicted molar refractivity (Wildman–Crippen MR) is 106 cm³/mol. The van der Waals surface area contributed by atoms with E-state index >= 15 is 0 Å².